The zero-order valence-corrected chi connectivity index (χ0v) is 17.1. The third-order valence-electron chi connectivity index (χ3n) is 3.87. The number of ketones is 1. The van der Waals surface area contributed by atoms with Crippen molar-refractivity contribution >= 4 is 50.4 Å². The molecule has 0 spiro atoms. The van der Waals surface area contributed by atoms with Gasteiger partial charge in [0.2, 0.25) is 11.7 Å². The fourth-order valence-corrected chi connectivity index (χ4v) is 2.92. The Balaban J connectivity index is 1.94. The third kappa shape index (κ3) is 4.78. The standard InChI is InChI=1S/C22H19BrN2O3/c1-25(2)13-12-18(26)22-21(17-14-16(23)9-10-19(17)28-22)24-20(27)11-8-15-6-4-3-5-7-15/h3-14H,1-2H3,(H,24,27). The highest BCUT2D eigenvalue weighted by molar-refractivity contribution is 9.10. The van der Waals surface area contributed by atoms with Crippen molar-refractivity contribution in [3.63, 3.8) is 0 Å². The smallest absolute Gasteiger partial charge is 0.248 e. The molecule has 1 amide bonds. The lowest BCUT2D eigenvalue weighted by Crippen LogP contribution is -2.10. The van der Waals surface area contributed by atoms with Crippen LogP contribution < -0.4 is 5.32 Å². The Kier molecular flexibility index (Phi) is 6.11. The van der Waals surface area contributed by atoms with Gasteiger partial charge in [-0.25, -0.2) is 0 Å². The van der Waals surface area contributed by atoms with Gasteiger partial charge >= 0.3 is 0 Å². The zero-order valence-electron chi connectivity index (χ0n) is 15.5. The molecule has 0 radical (unpaired) electrons. The predicted octanol–water partition coefficient (Wildman–Crippen LogP) is 5.11. The van der Waals surface area contributed by atoms with E-state index in [4.69, 9.17) is 4.42 Å². The van der Waals surface area contributed by atoms with Crippen LogP contribution in [0.3, 0.4) is 0 Å². The summed E-state index contributed by atoms with van der Waals surface area (Å²) in [6.07, 6.45) is 6.17. The van der Waals surface area contributed by atoms with E-state index in [0.29, 0.717) is 16.7 Å². The van der Waals surface area contributed by atoms with Crippen LogP contribution in [0.25, 0.3) is 17.0 Å². The molecule has 6 heteroatoms. The molecule has 0 aliphatic rings. The van der Waals surface area contributed by atoms with Gasteiger partial charge in [0.1, 0.15) is 5.58 Å². The first-order valence-electron chi connectivity index (χ1n) is 8.59. The molecule has 3 rings (SSSR count). The summed E-state index contributed by atoms with van der Waals surface area (Å²) < 4.78 is 6.55. The number of carbonyl (C=O) groups is 2. The van der Waals surface area contributed by atoms with E-state index in [1.165, 1.54) is 12.2 Å². The summed E-state index contributed by atoms with van der Waals surface area (Å²) in [6, 6.07) is 14.9. The number of hydrogen-bond donors (Lipinski definition) is 1. The van der Waals surface area contributed by atoms with Gasteiger partial charge in [0.15, 0.2) is 5.76 Å². The summed E-state index contributed by atoms with van der Waals surface area (Å²) in [6.45, 7) is 0. The first kappa shape index (κ1) is 19.6. The fourth-order valence-electron chi connectivity index (χ4n) is 2.56. The van der Waals surface area contributed by atoms with Gasteiger partial charge in [0, 0.05) is 42.3 Å². The second-order valence-electron chi connectivity index (χ2n) is 6.32. The Morgan fingerprint density at radius 2 is 1.82 bits per heavy atom. The Morgan fingerprint density at radius 1 is 1.07 bits per heavy atom. The number of anilines is 1. The van der Waals surface area contributed by atoms with E-state index < -0.39 is 0 Å². The molecule has 0 unspecified atom stereocenters. The molecule has 5 nitrogen and oxygen atoms in total. The summed E-state index contributed by atoms with van der Waals surface area (Å²) in [4.78, 5) is 26.8. The third-order valence-corrected chi connectivity index (χ3v) is 4.37. The van der Waals surface area contributed by atoms with Gasteiger partial charge in [0.25, 0.3) is 0 Å². The normalized spacial score (nSPS) is 11.4. The number of benzene rings is 2. The van der Waals surface area contributed by atoms with Crippen molar-refractivity contribution in [3.8, 4) is 0 Å². The minimum Gasteiger partial charge on any atom is -0.450 e. The van der Waals surface area contributed by atoms with Crippen LogP contribution in [-0.2, 0) is 4.79 Å². The molecule has 1 aromatic heterocycles. The average Bonchev–Trinajstić information content (AvgIpc) is 3.03. The van der Waals surface area contributed by atoms with E-state index in [1.54, 1.807) is 23.2 Å². The molecule has 1 N–H and O–H groups in total. The number of halogens is 1. The fraction of sp³-hybridized carbons (Fsp3) is 0.0909. The summed E-state index contributed by atoms with van der Waals surface area (Å²) in [5.41, 5.74) is 1.78. The zero-order chi connectivity index (χ0) is 20.1. The second-order valence-corrected chi connectivity index (χ2v) is 7.24. The van der Waals surface area contributed by atoms with Crippen molar-refractivity contribution in [1.29, 1.82) is 0 Å². The number of nitrogens with zero attached hydrogens (tertiary/aromatic N) is 1. The summed E-state index contributed by atoms with van der Waals surface area (Å²) in [5, 5.41) is 3.44. The van der Waals surface area contributed by atoms with Crippen LogP contribution in [0.5, 0.6) is 0 Å². The van der Waals surface area contributed by atoms with Crippen LogP contribution in [0, 0.1) is 0 Å². The second kappa shape index (κ2) is 8.71. The van der Waals surface area contributed by atoms with E-state index >= 15 is 0 Å². The van der Waals surface area contributed by atoms with E-state index in [9.17, 15) is 9.59 Å². The minimum atomic E-state index is -0.350. The van der Waals surface area contributed by atoms with Crippen LogP contribution in [0.15, 0.2) is 75.8 Å². The number of allylic oxidation sites excluding steroid dienone is 1. The maximum Gasteiger partial charge on any atom is 0.248 e. The van der Waals surface area contributed by atoms with Gasteiger partial charge < -0.3 is 14.6 Å². The molecule has 2 aromatic carbocycles. The molecular weight excluding hydrogens is 420 g/mol. The van der Waals surface area contributed by atoms with Crippen LogP contribution in [-0.4, -0.2) is 30.7 Å². The van der Waals surface area contributed by atoms with Crippen molar-refractivity contribution in [2.75, 3.05) is 19.4 Å². The Morgan fingerprint density at radius 3 is 2.54 bits per heavy atom. The molecule has 142 valence electrons. The van der Waals surface area contributed by atoms with Crippen molar-refractivity contribution in [2.24, 2.45) is 0 Å². The Labute approximate surface area is 171 Å². The lowest BCUT2D eigenvalue weighted by molar-refractivity contribution is -0.111. The SMILES string of the molecule is CN(C)C=CC(=O)c1oc2ccc(Br)cc2c1NC(=O)C=Cc1ccccc1. The minimum absolute atomic E-state index is 0.0904. The maximum absolute atomic E-state index is 12.6. The highest BCUT2D eigenvalue weighted by Crippen LogP contribution is 2.33. The van der Waals surface area contributed by atoms with Crippen molar-refractivity contribution in [1.82, 2.24) is 4.90 Å². The van der Waals surface area contributed by atoms with Gasteiger partial charge in [-0.2, -0.15) is 0 Å². The van der Waals surface area contributed by atoms with Crippen LogP contribution >= 0.6 is 15.9 Å². The highest BCUT2D eigenvalue weighted by Gasteiger charge is 2.20. The van der Waals surface area contributed by atoms with Crippen LogP contribution in [0.2, 0.25) is 0 Å². The van der Waals surface area contributed by atoms with Crippen molar-refractivity contribution in [2.45, 2.75) is 0 Å². The number of hydrogen-bond acceptors (Lipinski definition) is 4. The first-order valence-corrected chi connectivity index (χ1v) is 9.38. The van der Waals surface area contributed by atoms with Gasteiger partial charge in [-0.1, -0.05) is 46.3 Å². The molecule has 0 atom stereocenters. The maximum atomic E-state index is 12.6. The molecule has 0 saturated heterocycles. The summed E-state index contributed by atoms with van der Waals surface area (Å²) >= 11 is 3.42. The molecule has 0 bridgehead atoms. The molecule has 0 aliphatic carbocycles. The quantitative estimate of drug-likeness (QED) is 0.429. The molecule has 0 saturated carbocycles. The number of fused-ring (bicyclic) bond motifs is 1. The molecular formula is C22H19BrN2O3. The molecule has 1 heterocycles. The van der Waals surface area contributed by atoms with Crippen LogP contribution in [0.1, 0.15) is 16.1 Å². The van der Waals surface area contributed by atoms with E-state index in [0.717, 1.165) is 10.0 Å². The Bertz CT molecular complexity index is 1070. The lowest BCUT2D eigenvalue weighted by Gasteiger charge is -2.04. The topological polar surface area (TPSA) is 62.6 Å². The Hall–Kier alpha value is -3.12. The summed E-state index contributed by atoms with van der Waals surface area (Å²) in [7, 11) is 3.63. The van der Waals surface area contributed by atoms with Crippen LogP contribution in [0.4, 0.5) is 5.69 Å². The van der Waals surface area contributed by atoms with Crippen molar-refractivity contribution in [3.05, 3.63) is 82.7 Å². The monoisotopic (exact) mass is 438 g/mol. The lowest BCUT2D eigenvalue weighted by atomic mass is 10.1. The predicted molar refractivity (Wildman–Crippen MR) is 115 cm³/mol. The largest absolute Gasteiger partial charge is 0.450 e. The van der Waals surface area contributed by atoms with Crippen molar-refractivity contribution < 1.29 is 14.0 Å². The van der Waals surface area contributed by atoms with E-state index in [1.807, 2.05) is 56.6 Å². The summed E-state index contributed by atoms with van der Waals surface area (Å²) in [5.74, 6) is -0.590. The number of rotatable bonds is 6. The number of amides is 1. The molecule has 3 aromatic rings. The molecule has 0 aliphatic heterocycles. The van der Waals surface area contributed by atoms with Gasteiger partial charge in [-0.3, -0.25) is 9.59 Å². The molecule has 28 heavy (non-hydrogen) atoms. The average molecular weight is 439 g/mol. The first-order chi connectivity index (χ1) is 13.4. The molecule has 0 fully saturated rings. The number of carbonyl (C=O) groups excluding carboxylic acids is 2. The van der Waals surface area contributed by atoms with E-state index in [-0.39, 0.29) is 17.5 Å². The number of furan rings is 1. The van der Waals surface area contributed by atoms with Gasteiger partial charge in [0.05, 0.1) is 5.69 Å². The highest BCUT2D eigenvalue weighted by atomic mass is 79.9. The van der Waals surface area contributed by atoms with E-state index in [2.05, 4.69) is 21.2 Å². The van der Waals surface area contributed by atoms with Gasteiger partial charge in [-0.05, 0) is 29.8 Å². The number of nitrogens with one attached hydrogen (secondary N) is 1. The van der Waals surface area contributed by atoms with Gasteiger partial charge in [-0.15, -0.1) is 0 Å².